The highest BCUT2D eigenvalue weighted by molar-refractivity contribution is 5.85. The number of nitrogens with two attached hydrogens (primary N) is 1. The van der Waals surface area contributed by atoms with Crippen LogP contribution < -0.4 is 15.8 Å². The molecule has 7 heteroatoms. The Morgan fingerprint density at radius 1 is 1.24 bits per heavy atom. The van der Waals surface area contributed by atoms with Crippen LogP contribution in [-0.4, -0.2) is 43.5 Å². The van der Waals surface area contributed by atoms with Gasteiger partial charge in [-0.2, -0.15) is 0 Å². The Bertz CT molecular complexity index is 543. The molecule has 6 nitrogen and oxygen atoms in total. The first kappa shape index (κ1) is 21.3. The molecule has 1 aliphatic heterocycles. The Morgan fingerprint density at radius 2 is 1.88 bits per heavy atom. The summed E-state index contributed by atoms with van der Waals surface area (Å²) in [7, 11) is 1.63. The van der Waals surface area contributed by atoms with Gasteiger partial charge in [-0.25, -0.2) is 0 Å². The molecule has 1 aromatic rings. The molecule has 1 aromatic carbocycles. The van der Waals surface area contributed by atoms with Crippen molar-refractivity contribution in [3.8, 4) is 5.75 Å². The van der Waals surface area contributed by atoms with E-state index in [0.717, 1.165) is 30.6 Å². The van der Waals surface area contributed by atoms with E-state index in [1.54, 1.807) is 7.11 Å². The topological polar surface area (TPSA) is 84.7 Å². The van der Waals surface area contributed by atoms with Crippen LogP contribution in [0.1, 0.15) is 31.2 Å². The van der Waals surface area contributed by atoms with E-state index in [0.29, 0.717) is 32.6 Å². The molecule has 0 atom stereocenters. The van der Waals surface area contributed by atoms with E-state index in [4.69, 9.17) is 10.5 Å². The van der Waals surface area contributed by atoms with Crippen LogP contribution in [0.3, 0.4) is 0 Å². The van der Waals surface area contributed by atoms with Gasteiger partial charge in [-0.3, -0.25) is 9.59 Å². The van der Waals surface area contributed by atoms with Gasteiger partial charge in [0, 0.05) is 32.0 Å². The molecule has 2 rings (SSSR count). The van der Waals surface area contributed by atoms with Gasteiger partial charge in [0.2, 0.25) is 11.8 Å². The van der Waals surface area contributed by atoms with Crippen LogP contribution in [0.2, 0.25) is 0 Å². The maximum atomic E-state index is 12.3. The Balaban J connectivity index is 0.00000312. The first-order chi connectivity index (χ1) is 11.6. The number of piperidine rings is 1. The first-order valence-electron chi connectivity index (χ1n) is 8.52. The van der Waals surface area contributed by atoms with Crippen LogP contribution in [0.5, 0.6) is 5.75 Å². The van der Waals surface area contributed by atoms with E-state index >= 15 is 0 Å². The minimum Gasteiger partial charge on any atom is -0.497 e. The quantitative estimate of drug-likeness (QED) is 0.766. The maximum absolute atomic E-state index is 12.3. The first-order valence-corrected chi connectivity index (χ1v) is 8.52. The summed E-state index contributed by atoms with van der Waals surface area (Å²) in [5.74, 6) is 1.01. The van der Waals surface area contributed by atoms with Gasteiger partial charge in [0.15, 0.2) is 0 Å². The molecular weight excluding hydrogens is 342 g/mol. The zero-order valence-electron chi connectivity index (χ0n) is 14.7. The normalized spacial score (nSPS) is 14.6. The third kappa shape index (κ3) is 6.55. The third-order valence-electron chi connectivity index (χ3n) is 4.44. The van der Waals surface area contributed by atoms with Crippen molar-refractivity contribution in [1.82, 2.24) is 10.2 Å². The van der Waals surface area contributed by atoms with Crippen LogP contribution in [0.15, 0.2) is 24.3 Å². The van der Waals surface area contributed by atoms with E-state index in [1.807, 2.05) is 29.2 Å². The molecule has 140 valence electrons. The minimum absolute atomic E-state index is 0. The van der Waals surface area contributed by atoms with Crippen molar-refractivity contribution in [3.05, 3.63) is 29.8 Å². The second kappa shape index (κ2) is 10.9. The summed E-state index contributed by atoms with van der Waals surface area (Å²) >= 11 is 0. The summed E-state index contributed by atoms with van der Waals surface area (Å²) in [5.41, 5.74) is 6.48. The number of benzene rings is 1. The number of carbonyl (C=O) groups excluding carboxylic acids is 2. The molecule has 25 heavy (non-hydrogen) atoms. The van der Waals surface area contributed by atoms with Crippen molar-refractivity contribution >= 4 is 24.2 Å². The Morgan fingerprint density at radius 3 is 2.44 bits per heavy atom. The predicted octanol–water partition coefficient (Wildman–Crippen LogP) is 1.71. The summed E-state index contributed by atoms with van der Waals surface area (Å²) in [6.45, 7) is 2.36. The van der Waals surface area contributed by atoms with Gasteiger partial charge in [-0.15, -0.1) is 12.4 Å². The fourth-order valence-corrected chi connectivity index (χ4v) is 2.88. The van der Waals surface area contributed by atoms with Crippen LogP contribution in [0.25, 0.3) is 0 Å². The van der Waals surface area contributed by atoms with Crippen LogP contribution >= 0.6 is 12.4 Å². The second-order valence-electron chi connectivity index (χ2n) is 6.11. The van der Waals surface area contributed by atoms with E-state index in [9.17, 15) is 9.59 Å². The van der Waals surface area contributed by atoms with E-state index < -0.39 is 0 Å². The van der Waals surface area contributed by atoms with Crippen LogP contribution in [-0.2, 0) is 16.1 Å². The van der Waals surface area contributed by atoms with Gasteiger partial charge < -0.3 is 20.7 Å². The fourth-order valence-electron chi connectivity index (χ4n) is 2.88. The zero-order chi connectivity index (χ0) is 17.4. The maximum Gasteiger partial charge on any atom is 0.223 e. The number of ether oxygens (including phenoxy) is 1. The number of rotatable bonds is 7. The molecule has 0 unspecified atom stereocenters. The Hall–Kier alpha value is -1.79. The smallest absolute Gasteiger partial charge is 0.223 e. The van der Waals surface area contributed by atoms with Gasteiger partial charge in [0.05, 0.1) is 7.11 Å². The molecule has 1 heterocycles. The summed E-state index contributed by atoms with van der Waals surface area (Å²) in [6.07, 6.45) is 2.68. The number of methoxy groups -OCH3 is 1. The van der Waals surface area contributed by atoms with Gasteiger partial charge >= 0.3 is 0 Å². The Kier molecular flexibility index (Phi) is 9.31. The highest BCUT2D eigenvalue weighted by atomic mass is 35.5. The number of nitrogens with zero attached hydrogens (tertiary/aromatic N) is 1. The van der Waals surface area contributed by atoms with Crippen molar-refractivity contribution < 1.29 is 14.3 Å². The lowest BCUT2D eigenvalue weighted by Gasteiger charge is -2.31. The molecule has 1 aliphatic rings. The monoisotopic (exact) mass is 369 g/mol. The van der Waals surface area contributed by atoms with Crippen molar-refractivity contribution in [3.63, 3.8) is 0 Å². The van der Waals surface area contributed by atoms with Crippen LogP contribution in [0, 0.1) is 5.92 Å². The molecule has 0 saturated carbocycles. The molecular formula is C18H28ClN3O3. The third-order valence-corrected chi connectivity index (χ3v) is 4.44. The van der Waals surface area contributed by atoms with Gasteiger partial charge in [0.25, 0.3) is 0 Å². The molecule has 0 bridgehead atoms. The number of carbonyl (C=O) groups is 2. The Labute approximate surface area is 155 Å². The van der Waals surface area contributed by atoms with Crippen molar-refractivity contribution in [2.45, 2.75) is 32.2 Å². The van der Waals surface area contributed by atoms with E-state index in [2.05, 4.69) is 5.32 Å². The minimum atomic E-state index is -0.0122. The van der Waals surface area contributed by atoms with Crippen molar-refractivity contribution in [2.24, 2.45) is 11.7 Å². The molecule has 0 aromatic heterocycles. The zero-order valence-corrected chi connectivity index (χ0v) is 15.5. The largest absolute Gasteiger partial charge is 0.497 e. The molecule has 3 N–H and O–H groups in total. The van der Waals surface area contributed by atoms with Gasteiger partial charge in [-0.1, -0.05) is 12.1 Å². The predicted molar refractivity (Wildman–Crippen MR) is 99.7 cm³/mol. The molecule has 0 radical (unpaired) electrons. The number of hydrogen-bond donors (Lipinski definition) is 2. The number of likely N-dealkylation sites (tertiary alicyclic amines) is 1. The lowest BCUT2D eigenvalue weighted by atomic mass is 9.95. The standard InChI is InChI=1S/C18H27N3O3.ClH/c1-24-16-6-4-14(5-7-16)13-20-18(23)15-8-11-21(12-9-15)17(22)3-2-10-19;/h4-7,15H,2-3,8-13,19H2,1H3,(H,20,23);1H. The molecule has 1 fully saturated rings. The van der Waals surface area contributed by atoms with E-state index in [1.165, 1.54) is 0 Å². The van der Waals surface area contributed by atoms with Gasteiger partial charge in [0.1, 0.15) is 5.75 Å². The lowest BCUT2D eigenvalue weighted by molar-refractivity contribution is -0.135. The summed E-state index contributed by atoms with van der Waals surface area (Å²) in [4.78, 5) is 26.1. The molecule has 0 aliphatic carbocycles. The van der Waals surface area contributed by atoms with Crippen molar-refractivity contribution in [1.29, 1.82) is 0 Å². The average Bonchev–Trinajstić information content (AvgIpc) is 2.64. The van der Waals surface area contributed by atoms with Gasteiger partial charge in [-0.05, 0) is 43.5 Å². The average molecular weight is 370 g/mol. The van der Waals surface area contributed by atoms with Crippen LogP contribution in [0.4, 0.5) is 0 Å². The summed E-state index contributed by atoms with van der Waals surface area (Å²) < 4.78 is 5.12. The van der Waals surface area contributed by atoms with Crippen molar-refractivity contribution in [2.75, 3.05) is 26.7 Å². The number of nitrogens with one attached hydrogen (secondary N) is 1. The lowest BCUT2D eigenvalue weighted by Crippen LogP contribution is -2.43. The summed E-state index contributed by atoms with van der Waals surface area (Å²) in [6, 6.07) is 7.65. The molecule has 1 saturated heterocycles. The second-order valence-corrected chi connectivity index (χ2v) is 6.11. The SMILES string of the molecule is COc1ccc(CNC(=O)C2CCN(C(=O)CCCN)CC2)cc1.Cl. The number of amides is 2. The number of halogens is 1. The molecule has 0 spiro atoms. The summed E-state index contributed by atoms with van der Waals surface area (Å²) in [5, 5.41) is 2.98. The fraction of sp³-hybridized carbons (Fsp3) is 0.556. The highest BCUT2D eigenvalue weighted by Gasteiger charge is 2.26. The highest BCUT2D eigenvalue weighted by Crippen LogP contribution is 2.19. The number of hydrogen-bond acceptors (Lipinski definition) is 4. The molecule has 2 amide bonds. The van der Waals surface area contributed by atoms with E-state index in [-0.39, 0.29) is 30.1 Å².